The minimum Gasteiger partial charge on any atom is -0.495 e. The van der Waals surface area contributed by atoms with Gasteiger partial charge in [-0.05, 0) is 48.7 Å². The molecule has 162 valence electrons. The van der Waals surface area contributed by atoms with E-state index in [0.717, 1.165) is 29.7 Å². The Kier molecular flexibility index (Phi) is 6.45. The highest BCUT2D eigenvalue weighted by Crippen LogP contribution is 2.20. The van der Waals surface area contributed by atoms with Crippen LogP contribution in [0.2, 0.25) is 5.02 Å². The first-order valence-electron chi connectivity index (χ1n) is 10.1. The molecular formula is C24H20ClN3O3S. The van der Waals surface area contributed by atoms with Crippen LogP contribution in [0.25, 0.3) is 17.3 Å². The molecule has 1 fully saturated rings. The smallest absolute Gasteiger partial charge is 0.273 e. The summed E-state index contributed by atoms with van der Waals surface area (Å²) in [6.07, 6.45) is 3.54. The first kappa shape index (κ1) is 21.9. The van der Waals surface area contributed by atoms with Crippen molar-refractivity contribution in [2.24, 2.45) is 0 Å². The van der Waals surface area contributed by atoms with E-state index in [2.05, 4.69) is 6.07 Å². The number of thiazole rings is 1. The molecule has 8 heteroatoms. The zero-order chi connectivity index (χ0) is 22.7. The summed E-state index contributed by atoms with van der Waals surface area (Å²) >= 11 is 7.09. The van der Waals surface area contributed by atoms with E-state index in [0.29, 0.717) is 38.7 Å². The van der Waals surface area contributed by atoms with Crippen LogP contribution in [-0.4, -0.2) is 35.6 Å². The van der Waals surface area contributed by atoms with Crippen LogP contribution in [0.15, 0.2) is 53.3 Å². The second kappa shape index (κ2) is 9.43. The number of amides is 1. The second-order valence-corrected chi connectivity index (χ2v) is 8.73. The Labute approximate surface area is 193 Å². The highest BCUT2D eigenvalue weighted by atomic mass is 35.5. The lowest BCUT2D eigenvalue weighted by molar-refractivity contribution is -0.123. The Hall–Kier alpha value is -3.34. The normalized spacial score (nSPS) is 14.9. The van der Waals surface area contributed by atoms with Crippen molar-refractivity contribution in [2.45, 2.75) is 12.8 Å². The SMILES string of the molecule is COc1ccccc1-n1c(=O)/c(=C\c2ccc(Cl)cc2)s/c1=C(/C#N)C(=O)N1CCCC1. The van der Waals surface area contributed by atoms with Gasteiger partial charge in [0.1, 0.15) is 16.5 Å². The summed E-state index contributed by atoms with van der Waals surface area (Å²) in [5.74, 6) is 0.116. The van der Waals surface area contributed by atoms with E-state index < -0.39 is 0 Å². The molecule has 0 N–H and O–H groups in total. The first-order valence-corrected chi connectivity index (χ1v) is 11.3. The molecule has 6 nitrogen and oxygen atoms in total. The maximum Gasteiger partial charge on any atom is 0.273 e. The Balaban J connectivity index is 2.04. The van der Waals surface area contributed by atoms with E-state index in [9.17, 15) is 14.9 Å². The minimum atomic E-state index is -0.354. The summed E-state index contributed by atoms with van der Waals surface area (Å²) in [5.41, 5.74) is 0.891. The number of nitriles is 1. The summed E-state index contributed by atoms with van der Waals surface area (Å²) in [5, 5.41) is 10.5. The summed E-state index contributed by atoms with van der Waals surface area (Å²) < 4.78 is 7.55. The molecule has 0 unspecified atom stereocenters. The third-order valence-corrected chi connectivity index (χ3v) is 6.59. The van der Waals surface area contributed by atoms with E-state index in [4.69, 9.17) is 16.3 Å². The fourth-order valence-corrected chi connectivity index (χ4v) is 4.87. The van der Waals surface area contributed by atoms with Gasteiger partial charge < -0.3 is 9.64 Å². The van der Waals surface area contributed by atoms with Crippen LogP contribution in [0.3, 0.4) is 0 Å². The van der Waals surface area contributed by atoms with E-state index in [1.807, 2.05) is 0 Å². The van der Waals surface area contributed by atoms with Gasteiger partial charge >= 0.3 is 0 Å². The van der Waals surface area contributed by atoms with Gasteiger partial charge in [0.25, 0.3) is 11.5 Å². The van der Waals surface area contributed by atoms with E-state index in [-0.39, 0.29) is 17.0 Å². The number of ether oxygens (including phenoxy) is 1. The molecule has 4 rings (SSSR count). The third kappa shape index (κ3) is 4.20. The number of methoxy groups -OCH3 is 1. The molecule has 2 heterocycles. The lowest BCUT2D eigenvalue weighted by Crippen LogP contribution is -2.35. The number of carbonyl (C=O) groups excluding carboxylic acids is 1. The summed E-state index contributed by atoms with van der Waals surface area (Å²) in [7, 11) is 1.51. The van der Waals surface area contributed by atoms with Crippen LogP contribution < -0.4 is 19.5 Å². The van der Waals surface area contributed by atoms with Crippen molar-refractivity contribution in [3.63, 3.8) is 0 Å². The van der Waals surface area contributed by atoms with E-state index >= 15 is 0 Å². The predicted octanol–water partition coefficient (Wildman–Crippen LogP) is 2.69. The molecule has 0 radical (unpaired) electrons. The van der Waals surface area contributed by atoms with Gasteiger partial charge in [0.05, 0.1) is 17.3 Å². The van der Waals surface area contributed by atoms with Gasteiger partial charge in [-0.25, -0.2) is 0 Å². The maximum absolute atomic E-state index is 13.5. The number of halogens is 1. The van der Waals surface area contributed by atoms with Crippen LogP contribution in [0.4, 0.5) is 0 Å². The zero-order valence-corrected chi connectivity index (χ0v) is 18.9. The summed E-state index contributed by atoms with van der Waals surface area (Å²) in [4.78, 5) is 28.3. The van der Waals surface area contributed by atoms with Gasteiger partial charge in [-0.3, -0.25) is 14.2 Å². The highest BCUT2D eigenvalue weighted by molar-refractivity contribution is 7.07. The lowest BCUT2D eigenvalue weighted by Gasteiger charge is -2.14. The quantitative estimate of drug-likeness (QED) is 0.593. The molecule has 0 saturated carbocycles. The molecule has 0 spiro atoms. The van der Waals surface area contributed by atoms with Gasteiger partial charge in [0.2, 0.25) is 0 Å². The third-order valence-electron chi connectivity index (χ3n) is 5.25. The Morgan fingerprint density at radius 3 is 2.50 bits per heavy atom. The average Bonchev–Trinajstić information content (AvgIpc) is 3.45. The van der Waals surface area contributed by atoms with E-state index in [1.165, 1.54) is 11.7 Å². The number of aromatic nitrogens is 1. The molecule has 1 aliphatic heterocycles. The topological polar surface area (TPSA) is 75.3 Å². The van der Waals surface area contributed by atoms with Crippen molar-refractivity contribution in [1.29, 1.82) is 5.26 Å². The van der Waals surface area contributed by atoms with Crippen LogP contribution in [0, 0.1) is 11.3 Å². The van der Waals surface area contributed by atoms with Crippen LogP contribution in [0.1, 0.15) is 18.4 Å². The van der Waals surface area contributed by atoms with Crippen LogP contribution in [-0.2, 0) is 4.79 Å². The van der Waals surface area contributed by atoms with Gasteiger partial charge in [-0.1, -0.05) is 35.9 Å². The van der Waals surface area contributed by atoms with Crippen molar-refractivity contribution in [1.82, 2.24) is 9.47 Å². The number of likely N-dealkylation sites (tertiary alicyclic amines) is 1. The fraction of sp³-hybridized carbons (Fsp3) is 0.208. The zero-order valence-electron chi connectivity index (χ0n) is 17.4. The first-order chi connectivity index (χ1) is 15.5. The highest BCUT2D eigenvalue weighted by Gasteiger charge is 2.25. The largest absolute Gasteiger partial charge is 0.495 e. The number of hydrogen-bond donors (Lipinski definition) is 0. The monoisotopic (exact) mass is 465 g/mol. The Morgan fingerprint density at radius 2 is 1.84 bits per heavy atom. The standard InChI is InChI=1S/C24H20ClN3O3S/c1-31-20-7-3-2-6-19(20)28-23(30)21(14-16-8-10-17(25)11-9-16)32-24(28)18(15-26)22(29)27-12-4-5-13-27/h2-3,6-11,14H,4-5,12-13H2,1H3/b21-14+,24-18-. The summed E-state index contributed by atoms with van der Waals surface area (Å²) in [6.45, 7) is 1.22. The lowest BCUT2D eigenvalue weighted by atomic mass is 10.2. The molecule has 1 amide bonds. The second-order valence-electron chi connectivity index (χ2n) is 7.27. The Bertz CT molecular complexity index is 1380. The molecule has 0 atom stereocenters. The molecule has 2 aromatic carbocycles. The number of hydrogen-bond acceptors (Lipinski definition) is 5. The molecule has 1 aromatic heterocycles. The number of nitrogens with zero attached hydrogens (tertiary/aromatic N) is 3. The van der Waals surface area contributed by atoms with Crippen LogP contribution in [0.5, 0.6) is 5.75 Å². The molecule has 0 bridgehead atoms. The molecule has 1 aliphatic rings. The number of carbonyl (C=O) groups is 1. The van der Waals surface area contributed by atoms with Gasteiger partial charge in [0.15, 0.2) is 5.57 Å². The van der Waals surface area contributed by atoms with E-state index in [1.54, 1.807) is 59.5 Å². The van der Waals surface area contributed by atoms with Crippen molar-refractivity contribution in [2.75, 3.05) is 20.2 Å². The Morgan fingerprint density at radius 1 is 1.16 bits per heavy atom. The molecule has 1 saturated heterocycles. The fourth-order valence-electron chi connectivity index (χ4n) is 3.66. The van der Waals surface area contributed by atoms with Gasteiger partial charge in [-0.2, -0.15) is 5.26 Å². The summed E-state index contributed by atoms with van der Waals surface area (Å²) in [6, 6.07) is 16.2. The molecule has 3 aromatic rings. The molecular weight excluding hydrogens is 446 g/mol. The minimum absolute atomic E-state index is 0.0457. The van der Waals surface area contributed by atoms with Crippen molar-refractivity contribution < 1.29 is 9.53 Å². The average molecular weight is 466 g/mol. The number of rotatable bonds is 4. The van der Waals surface area contributed by atoms with Gasteiger partial charge in [0, 0.05) is 18.1 Å². The van der Waals surface area contributed by atoms with Crippen LogP contribution >= 0.6 is 22.9 Å². The van der Waals surface area contributed by atoms with Crippen molar-refractivity contribution >= 4 is 40.5 Å². The molecule has 32 heavy (non-hydrogen) atoms. The maximum atomic E-state index is 13.5. The van der Waals surface area contributed by atoms with Crippen molar-refractivity contribution in [3.8, 4) is 17.5 Å². The number of para-hydroxylation sites is 2. The predicted molar refractivity (Wildman–Crippen MR) is 126 cm³/mol. The number of benzene rings is 2. The molecule has 0 aliphatic carbocycles. The van der Waals surface area contributed by atoms with Gasteiger partial charge in [-0.15, -0.1) is 11.3 Å². The van der Waals surface area contributed by atoms with Crippen molar-refractivity contribution in [3.05, 3.63) is 78.7 Å².